The van der Waals surface area contributed by atoms with Crippen molar-refractivity contribution in [1.82, 2.24) is 25.1 Å². The zero-order chi connectivity index (χ0) is 15.1. The molecular formula is C14H15N5O2S. The maximum atomic E-state index is 11.9. The van der Waals surface area contributed by atoms with Crippen LogP contribution in [0.25, 0.3) is 10.2 Å². The number of aromatic amines is 1. The van der Waals surface area contributed by atoms with E-state index in [2.05, 4.69) is 20.2 Å². The molecule has 1 aliphatic rings. The monoisotopic (exact) mass is 317 g/mol. The van der Waals surface area contributed by atoms with Crippen molar-refractivity contribution in [2.75, 3.05) is 7.05 Å². The molecule has 1 N–H and O–H groups in total. The second kappa shape index (κ2) is 5.29. The molecule has 0 bridgehead atoms. The van der Waals surface area contributed by atoms with Crippen LogP contribution in [0.5, 0.6) is 0 Å². The van der Waals surface area contributed by atoms with Crippen LogP contribution in [0, 0.1) is 0 Å². The van der Waals surface area contributed by atoms with Crippen molar-refractivity contribution in [3.63, 3.8) is 0 Å². The molecule has 1 saturated carbocycles. The minimum absolute atomic E-state index is 0.0859. The quantitative estimate of drug-likeness (QED) is 0.773. The molecule has 0 spiro atoms. The lowest BCUT2D eigenvalue weighted by Gasteiger charge is -2.13. The number of fused-ring (bicyclic) bond motifs is 1. The molecule has 22 heavy (non-hydrogen) atoms. The van der Waals surface area contributed by atoms with E-state index in [1.54, 1.807) is 0 Å². The summed E-state index contributed by atoms with van der Waals surface area (Å²) in [6, 6.07) is 1.86. The van der Waals surface area contributed by atoms with Gasteiger partial charge in [-0.25, -0.2) is 4.98 Å². The summed E-state index contributed by atoms with van der Waals surface area (Å²) in [6.07, 6.45) is 2.28. The Balaban J connectivity index is 1.47. The van der Waals surface area contributed by atoms with Crippen LogP contribution in [-0.4, -0.2) is 32.1 Å². The van der Waals surface area contributed by atoms with E-state index in [1.165, 1.54) is 11.3 Å². The van der Waals surface area contributed by atoms with Crippen LogP contribution in [-0.2, 0) is 13.1 Å². The van der Waals surface area contributed by atoms with E-state index in [4.69, 9.17) is 4.42 Å². The van der Waals surface area contributed by atoms with Crippen molar-refractivity contribution in [3.05, 3.63) is 39.4 Å². The fourth-order valence-electron chi connectivity index (χ4n) is 2.36. The summed E-state index contributed by atoms with van der Waals surface area (Å²) in [5.74, 6) is 2.45. The number of thiophene rings is 1. The molecule has 0 saturated heterocycles. The lowest BCUT2D eigenvalue weighted by atomic mass is 10.4. The van der Waals surface area contributed by atoms with Gasteiger partial charge in [0, 0.05) is 5.92 Å². The Morgan fingerprint density at radius 2 is 2.27 bits per heavy atom. The van der Waals surface area contributed by atoms with Gasteiger partial charge in [0.2, 0.25) is 11.8 Å². The SMILES string of the molecule is CN(Cc1nc2ccsc2c(=O)[nH]1)Cc1nnc(C2CC2)o1. The predicted octanol–water partition coefficient (Wildman–Crippen LogP) is 1.88. The highest BCUT2D eigenvalue weighted by molar-refractivity contribution is 7.17. The fourth-order valence-corrected chi connectivity index (χ4v) is 3.09. The molecule has 8 heteroatoms. The third kappa shape index (κ3) is 2.67. The molecule has 0 radical (unpaired) electrons. The smallest absolute Gasteiger partial charge is 0.268 e. The first kappa shape index (κ1) is 13.6. The molecule has 3 heterocycles. The maximum absolute atomic E-state index is 11.9. The van der Waals surface area contributed by atoms with Gasteiger partial charge < -0.3 is 9.40 Å². The van der Waals surface area contributed by atoms with Crippen molar-refractivity contribution in [3.8, 4) is 0 Å². The highest BCUT2D eigenvalue weighted by atomic mass is 32.1. The van der Waals surface area contributed by atoms with Crippen molar-refractivity contribution >= 4 is 21.6 Å². The Labute approximate surface area is 130 Å². The van der Waals surface area contributed by atoms with E-state index in [-0.39, 0.29) is 5.56 Å². The molecular weight excluding hydrogens is 302 g/mol. The molecule has 3 aromatic rings. The average molecular weight is 317 g/mol. The zero-order valence-corrected chi connectivity index (χ0v) is 12.9. The second-order valence-corrected chi connectivity index (χ2v) is 6.54. The normalized spacial score (nSPS) is 15.0. The van der Waals surface area contributed by atoms with Crippen LogP contribution in [0.3, 0.4) is 0 Å². The van der Waals surface area contributed by atoms with Gasteiger partial charge in [-0.3, -0.25) is 9.69 Å². The van der Waals surface area contributed by atoms with Crippen LogP contribution in [0.4, 0.5) is 0 Å². The lowest BCUT2D eigenvalue weighted by Crippen LogP contribution is -2.21. The molecule has 0 aliphatic heterocycles. The summed E-state index contributed by atoms with van der Waals surface area (Å²) < 4.78 is 6.31. The van der Waals surface area contributed by atoms with Crippen molar-refractivity contribution < 1.29 is 4.42 Å². The third-order valence-corrected chi connectivity index (χ3v) is 4.50. The van der Waals surface area contributed by atoms with Gasteiger partial charge in [-0.05, 0) is 31.3 Å². The minimum Gasteiger partial charge on any atom is -0.424 e. The fraction of sp³-hybridized carbons (Fsp3) is 0.429. The molecule has 4 rings (SSSR count). The number of aromatic nitrogens is 4. The molecule has 0 amide bonds. The largest absolute Gasteiger partial charge is 0.424 e. The molecule has 7 nitrogen and oxygen atoms in total. The van der Waals surface area contributed by atoms with Gasteiger partial charge in [-0.2, -0.15) is 0 Å². The summed E-state index contributed by atoms with van der Waals surface area (Å²) in [5.41, 5.74) is 0.656. The Morgan fingerprint density at radius 1 is 1.41 bits per heavy atom. The molecule has 1 fully saturated rings. The number of rotatable bonds is 5. The van der Waals surface area contributed by atoms with Crippen LogP contribution in [0.15, 0.2) is 20.7 Å². The first-order valence-corrected chi connectivity index (χ1v) is 8.04. The first-order valence-electron chi connectivity index (χ1n) is 7.16. The van der Waals surface area contributed by atoms with Gasteiger partial charge in [-0.1, -0.05) is 0 Å². The van der Waals surface area contributed by atoms with E-state index >= 15 is 0 Å². The van der Waals surface area contributed by atoms with E-state index in [0.717, 1.165) is 24.2 Å². The van der Waals surface area contributed by atoms with Gasteiger partial charge in [0.15, 0.2) is 0 Å². The molecule has 0 atom stereocenters. The van der Waals surface area contributed by atoms with E-state index in [1.807, 2.05) is 23.4 Å². The minimum atomic E-state index is -0.0859. The summed E-state index contributed by atoms with van der Waals surface area (Å²) >= 11 is 1.40. The molecule has 3 aromatic heterocycles. The van der Waals surface area contributed by atoms with Gasteiger partial charge in [-0.15, -0.1) is 21.5 Å². The highest BCUT2D eigenvalue weighted by Gasteiger charge is 2.29. The number of H-pyrrole nitrogens is 1. The predicted molar refractivity (Wildman–Crippen MR) is 81.7 cm³/mol. The summed E-state index contributed by atoms with van der Waals surface area (Å²) in [4.78, 5) is 21.2. The Kier molecular flexibility index (Phi) is 3.27. The third-order valence-electron chi connectivity index (χ3n) is 3.60. The molecule has 114 valence electrons. The average Bonchev–Trinajstić information content (AvgIpc) is 3.03. The van der Waals surface area contributed by atoms with E-state index in [0.29, 0.717) is 35.4 Å². The molecule has 0 aromatic carbocycles. The van der Waals surface area contributed by atoms with Crippen LogP contribution < -0.4 is 5.56 Å². The summed E-state index contributed by atoms with van der Waals surface area (Å²) in [7, 11) is 1.93. The Hall–Kier alpha value is -2.06. The molecule has 0 unspecified atom stereocenters. The van der Waals surface area contributed by atoms with Crippen molar-refractivity contribution in [2.24, 2.45) is 0 Å². The van der Waals surface area contributed by atoms with Crippen LogP contribution >= 0.6 is 11.3 Å². The molecule has 1 aliphatic carbocycles. The number of hydrogen-bond donors (Lipinski definition) is 1. The van der Waals surface area contributed by atoms with Crippen LogP contribution in [0.1, 0.15) is 36.4 Å². The first-order chi connectivity index (χ1) is 10.7. The Bertz CT molecular complexity index is 863. The lowest BCUT2D eigenvalue weighted by molar-refractivity contribution is 0.271. The van der Waals surface area contributed by atoms with Crippen molar-refractivity contribution in [2.45, 2.75) is 31.8 Å². The van der Waals surface area contributed by atoms with Gasteiger partial charge in [0.05, 0.1) is 18.6 Å². The summed E-state index contributed by atoms with van der Waals surface area (Å²) in [5, 5.41) is 10.0. The van der Waals surface area contributed by atoms with Crippen molar-refractivity contribution in [1.29, 1.82) is 0 Å². The summed E-state index contributed by atoms with van der Waals surface area (Å²) in [6.45, 7) is 1.05. The number of hydrogen-bond acceptors (Lipinski definition) is 7. The topological polar surface area (TPSA) is 87.9 Å². The van der Waals surface area contributed by atoms with E-state index in [9.17, 15) is 4.79 Å². The standard InChI is InChI=1S/C14H15N5O2S/c1-19(7-11-17-18-14(21-11)8-2-3-8)6-10-15-9-4-5-22-12(9)13(20)16-10/h4-5,8H,2-3,6-7H2,1H3,(H,15,16,20). The zero-order valence-electron chi connectivity index (χ0n) is 12.1. The number of nitrogens with one attached hydrogen (secondary N) is 1. The Morgan fingerprint density at radius 3 is 3.09 bits per heavy atom. The highest BCUT2D eigenvalue weighted by Crippen LogP contribution is 2.39. The van der Waals surface area contributed by atoms with Gasteiger partial charge in [0.25, 0.3) is 5.56 Å². The van der Waals surface area contributed by atoms with Gasteiger partial charge in [0.1, 0.15) is 10.5 Å². The maximum Gasteiger partial charge on any atom is 0.268 e. The second-order valence-electron chi connectivity index (χ2n) is 5.63. The van der Waals surface area contributed by atoms with Crippen LogP contribution in [0.2, 0.25) is 0 Å². The van der Waals surface area contributed by atoms with Gasteiger partial charge >= 0.3 is 0 Å². The number of nitrogens with zero attached hydrogens (tertiary/aromatic N) is 4. The van der Waals surface area contributed by atoms with E-state index < -0.39 is 0 Å².